The van der Waals surface area contributed by atoms with Gasteiger partial charge in [-0.2, -0.15) is 0 Å². The van der Waals surface area contributed by atoms with Gasteiger partial charge in [-0.1, -0.05) is 12.8 Å². The average molecular weight is 390 g/mol. The number of urea groups is 2. The summed E-state index contributed by atoms with van der Waals surface area (Å²) in [5.41, 5.74) is 0. The van der Waals surface area contributed by atoms with Crippen LogP contribution in [0.5, 0.6) is 0 Å². The van der Waals surface area contributed by atoms with Crippen LogP contribution in [-0.4, -0.2) is 37.0 Å². The van der Waals surface area contributed by atoms with Gasteiger partial charge < -0.3 is 19.5 Å². The zero-order valence-electron chi connectivity index (χ0n) is 15.2. The molecule has 0 atom stereocenters. The molecule has 10 nitrogen and oxygen atoms in total. The van der Waals surface area contributed by atoms with Gasteiger partial charge in [0, 0.05) is 13.1 Å². The molecule has 4 N–H and O–H groups in total. The molecular weight excluding hydrogens is 368 g/mol. The zero-order valence-corrected chi connectivity index (χ0v) is 15.2. The van der Waals surface area contributed by atoms with Crippen LogP contribution in [0.2, 0.25) is 0 Å². The summed E-state index contributed by atoms with van der Waals surface area (Å²) >= 11 is 0. The van der Waals surface area contributed by atoms with Crippen molar-refractivity contribution in [3.8, 4) is 0 Å². The van der Waals surface area contributed by atoms with E-state index in [-0.39, 0.29) is 11.5 Å². The van der Waals surface area contributed by atoms with Gasteiger partial charge in [-0.3, -0.25) is 20.2 Å². The molecule has 0 saturated heterocycles. The third-order valence-electron chi connectivity index (χ3n) is 3.62. The van der Waals surface area contributed by atoms with Gasteiger partial charge in [-0.25, -0.2) is 9.59 Å². The fraction of sp³-hybridized carbons (Fsp3) is 0.333. The van der Waals surface area contributed by atoms with E-state index >= 15 is 0 Å². The van der Waals surface area contributed by atoms with Crippen LogP contribution in [0.4, 0.5) is 9.59 Å². The average Bonchev–Trinajstić information content (AvgIpc) is 3.37. The molecule has 0 unspecified atom stereocenters. The second-order valence-corrected chi connectivity index (χ2v) is 5.79. The summed E-state index contributed by atoms with van der Waals surface area (Å²) in [4.78, 5) is 46.3. The predicted molar refractivity (Wildman–Crippen MR) is 97.6 cm³/mol. The fourth-order valence-corrected chi connectivity index (χ4v) is 2.24. The van der Waals surface area contributed by atoms with Crippen molar-refractivity contribution in [2.45, 2.75) is 25.7 Å². The first-order valence-electron chi connectivity index (χ1n) is 8.81. The molecule has 150 valence electrons. The van der Waals surface area contributed by atoms with Crippen molar-refractivity contribution < 1.29 is 28.0 Å². The minimum absolute atomic E-state index is 0.0672. The monoisotopic (exact) mass is 390 g/mol. The first kappa shape index (κ1) is 20.7. The van der Waals surface area contributed by atoms with Gasteiger partial charge in [0.2, 0.25) is 0 Å². The number of nitrogens with one attached hydrogen (secondary N) is 4. The highest BCUT2D eigenvalue weighted by atomic mass is 16.3. The van der Waals surface area contributed by atoms with E-state index in [1.54, 1.807) is 12.1 Å². The third kappa shape index (κ3) is 7.36. The first-order valence-corrected chi connectivity index (χ1v) is 8.81. The van der Waals surface area contributed by atoms with E-state index in [2.05, 4.69) is 21.3 Å². The lowest BCUT2D eigenvalue weighted by molar-refractivity contribution is 0.0927. The van der Waals surface area contributed by atoms with Gasteiger partial charge in [0.05, 0.1) is 12.5 Å². The molecule has 2 heterocycles. The van der Waals surface area contributed by atoms with Crippen molar-refractivity contribution >= 4 is 23.9 Å². The molecule has 0 radical (unpaired) electrons. The lowest BCUT2D eigenvalue weighted by Gasteiger charge is -2.07. The molecule has 10 heteroatoms. The van der Waals surface area contributed by atoms with Crippen LogP contribution in [0.3, 0.4) is 0 Å². The first-order chi connectivity index (χ1) is 13.6. The molecule has 2 aromatic heterocycles. The summed E-state index contributed by atoms with van der Waals surface area (Å²) in [7, 11) is 0. The highest BCUT2D eigenvalue weighted by Gasteiger charge is 2.12. The summed E-state index contributed by atoms with van der Waals surface area (Å²) in [6, 6.07) is 4.87. The van der Waals surface area contributed by atoms with Crippen molar-refractivity contribution in [3.63, 3.8) is 0 Å². The van der Waals surface area contributed by atoms with Gasteiger partial charge in [-0.15, -0.1) is 0 Å². The van der Waals surface area contributed by atoms with Gasteiger partial charge in [-0.05, 0) is 37.1 Å². The molecule has 2 rings (SSSR count). The maximum atomic E-state index is 11.6. The molecule has 0 aliphatic carbocycles. The second kappa shape index (κ2) is 11.2. The van der Waals surface area contributed by atoms with Crippen LogP contribution in [0.1, 0.15) is 46.8 Å². The van der Waals surface area contributed by atoms with Crippen molar-refractivity contribution in [2.24, 2.45) is 0 Å². The Hall–Kier alpha value is -3.56. The van der Waals surface area contributed by atoms with E-state index in [0.717, 1.165) is 25.7 Å². The Morgan fingerprint density at radius 1 is 0.679 bits per heavy atom. The molecule has 0 bridgehead atoms. The standard InChI is InChI=1S/C18H22N4O6/c23-15(13-7-5-11-27-13)21-17(25)19-9-3-1-2-4-10-20-18(26)22-16(24)14-8-6-12-28-14/h5-8,11-12H,1-4,9-10H2,(H2,19,21,23,25)(H2,20,22,24,26). The number of hydrogen-bond donors (Lipinski definition) is 4. The molecule has 6 amide bonds. The largest absolute Gasteiger partial charge is 0.459 e. The fourth-order valence-electron chi connectivity index (χ4n) is 2.24. The Labute approximate surface area is 161 Å². The number of carbonyl (C=O) groups excluding carboxylic acids is 4. The number of imide groups is 2. The van der Waals surface area contributed by atoms with Crippen LogP contribution in [0.15, 0.2) is 45.6 Å². The van der Waals surface area contributed by atoms with E-state index in [1.165, 1.54) is 24.7 Å². The SMILES string of the molecule is O=C(NCCCCCCNC(=O)NC(=O)c1ccco1)NC(=O)c1ccco1. The third-order valence-corrected chi connectivity index (χ3v) is 3.62. The minimum atomic E-state index is -0.600. The Morgan fingerprint density at radius 2 is 1.11 bits per heavy atom. The van der Waals surface area contributed by atoms with Crippen LogP contribution in [0, 0.1) is 0 Å². The Bertz CT molecular complexity index is 704. The van der Waals surface area contributed by atoms with Gasteiger partial charge >= 0.3 is 12.1 Å². The summed E-state index contributed by atoms with van der Waals surface area (Å²) in [6.45, 7) is 0.839. The van der Waals surface area contributed by atoms with Crippen LogP contribution in [0.25, 0.3) is 0 Å². The molecule has 0 saturated carbocycles. The number of unbranched alkanes of at least 4 members (excludes halogenated alkanes) is 3. The molecule has 0 aliphatic heterocycles. The maximum absolute atomic E-state index is 11.6. The lowest BCUT2D eigenvalue weighted by atomic mass is 10.2. The van der Waals surface area contributed by atoms with Crippen molar-refractivity contribution in [1.82, 2.24) is 21.3 Å². The molecule has 0 aliphatic rings. The van der Waals surface area contributed by atoms with Crippen LogP contribution < -0.4 is 21.3 Å². The van der Waals surface area contributed by atoms with E-state index < -0.39 is 23.9 Å². The maximum Gasteiger partial charge on any atom is 0.321 e. The van der Waals surface area contributed by atoms with Crippen molar-refractivity contribution in [3.05, 3.63) is 48.3 Å². The Balaban J connectivity index is 1.44. The van der Waals surface area contributed by atoms with Gasteiger partial charge in [0.15, 0.2) is 11.5 Å². The van der Waals surface area contributed by atoms with Gasteiger partial charge in [0.1, 0.15) is 0 Å². The van der Waals surface area contributed by atoms with E-state index in [9.17, 15) is 19.2 Å². The number of furan rings is 2. The lowest BCUT2D eigenvalue weighted by Crippen LogP contribution is -2.40. The van der Waals surface area contributed by atoms with E-state index in [0.29, 0.717) is 13.1 Å². The molecule has 0 spiro atoms. The number of rotatable bonds is 9. The van der Waals surface area contributed by atoms with E-state index in [4.69, 9.17) is 8.83 Å². The molecule has 0 fully saturated rings. The predicted octanol–water partition coefficient (Wildman–Crippen LogP) is 2.01. The Kier molecular flexibility index (Phi) is 8.31. The topological polar surface area (TPSA) is 143 Å². The van der Waals surface area contributed by atoms with Crippen molar-refractivity contribution in [2.75, 3.05) is 13.1 Å². The smallest absolute Gasteiger partial charge is 0.321 e. The molecular formula is C18H22N4O6. The highest BCUT2D eigenvalue weighted by Crippen LogP contribution is 2.00. The van der Waals surface area contributed by atoms with E-state index in [1.807, 2.05) is 0 Å². The summed E-state index contributed by atoms with van der Waals surface area (Å²) in [5, 5.41) is 9.48. The zero-order chi connectivity index (χ0) is 20.2. The number of hydrogen-bond acceptors (Lipinski definition) is 6. The second-order valence-electron chi connectivity index (χ2n) is 5.79. The molecule has 2 aromatic rings. The molecule has 0 aromatic carbocycles. The summed E-state index contributed by atoms with van der Waals surface area (Å²) < 4.78 is 9.77. The van der Waals surface area contributed by atoms with Gasteiger partial charge in [0.25, 0.3) is 11.8 Å². The summed E-state index contributed by atoms with van der Waals surface area (Å²) in [6.07, 6.45) is 5.82. The molecule has 28 heavy (non-hydrogen) atoms. The normalized spacial score (nSPS) is 10.1. The summed E-state index contributed by atoms with van der Waals surface area (Å²) in [5.74, 6) is -1.06. The number of amides is 6. The van der Waals surface area contributed by atoms with Crippen molar-refractivity contribution in [1.29, 1.82) is 0 Å². The van der Waals surface area contributed by atoms with Crippen LogP contribution in [-0.2, 0) is 0 Å². The Morgan fingerprint density at radius 3 is 1.46 bits per heavy atom. The van der Waals surface area contributed by atoms with Crippen LogP contribution >= 0.6 is 0 Å². The number of carbonyl (C=O) groups is 4. The minimum Gasteiger partial charge on any atom is -0.459 e. The highest BCUT2D eigenvalue weighted by molar-refractivity contribution is 6.03. The quantitative estimate of drug-likeness (QED) is 0.482.